The van der Waals surface area contributed by atoms with Crippen LogP contribution >= 0.6 is 11.6 Å². The largest absolute Gasteiger partial charge is 0.366 e. The highest BCUT2D eigenvalue weighted by atomic mass is 35.5. The summed E-state index contributed by atoms with van der Waals surface area (Å²) in [5.74, 6) is 0.366. The van der Waals surface area contributed by atoms with Gasteiger partial charge in [-0.05, 0) is 55.0 Å². The third-order valence-electron chi connectivity index (χ3n) is 3.99. The smallest absolute Gasteiger partial charge is 0.257 e. The number of carbonyl (C=O) groups is 2. The molecule has 1 aromatic heterocycles. The van der Waals surface area contributed by atoms with Gasteiger partial charge in [0, 0.05) is 29.0 Å². The summed E-state index contributed by atoms with van der Waals surface area (Å²) >= 11 is 6.13. The molecule has 1 heterocycles. The first kappa shape index (κ1) is 18.6. The summed E-state index contributed by atoms with van der Waals surface area (Å²) in [6, 6.07) is 17.8. The number of Topliss-reactive ketones (excluding diaryl/α,β-unsaturated/α-hetero) is 1. The number of amides is 1. The lowest BCUT2D eigenvalue weighted by atomic mass is 10.1. The summed E-state index contributed by atoms with van der Waals surface area (Å²) in [7, 11) is 0. The number of hydrogen-bond donors (Lipinski definition) is 2. The molecule has 0 radical (unpaired) electrons. The molecule has 0 saturated carbocycles. The number of halogens is 1. The molecule has 0 unspecified atom stereocenters. The van der Waals surface area contributed by atoms with Crippen molar-refractivity contribution >= 4 is 34.8 Å². The average molecular weight is 380 g/mol. The zero-order valence-electron chi connectivity index (χ0n) is 14.7. The molecule has 2 aromatic carbocycles. The quantitative estimate of drug-likeness (QED) is 0.603. The summed E-state index contributed by atoms with van der Waals surface area (Å²) in [4.78, 5) is 27.9. The number of ketones is 1. The molecule has 0 fully saturated rings. The fraction of sp³-hybridized carbons (Fsp3) is 0.0952. The van der Waals surface area contributed by atoms with Crippen molar-refractivity contribution in [2.75, 3.05) is 10.6 Å². The molecule has 0 spiro atoms. The molecule has 2 N–H and O–H groups in total. The van der Waals surface area contributed by atoms with E-state index in [2.05, 4.69) is 15.6 Å². The van der Waals surface area contributed by atoms with E-state index >= 15 is 0 Å². The van der Waals surface area contributed by atoms with Crippen LogP contribution in [-0.4, -0.2) is 16.7 Å². The molecular weight excluding hydrogens is 362 g/mol. The van der Waals surface area contributed by atoms with Gasteiger partial charge in [-0.2, -0.15) is 0 Å². The number of nitrogens with zero attached hydrogens (tertiary/aromatic N) is 1. The fourth-order valence-electron chi connectivity index (χ4n) is 2.45. The monoisotopic (exact) mass is 379 g/mol. The number of benzene rings is 2. The van der Waals surface area contributed by atoms with E-state index in [4.69, 9.17) is 11.6 Å². The van der Waals surface area contributed by atoms with Crippen molar-refractivity contribution in [3.8, 4) is 0 Å². The summed E-state index contributed by atoms with van der Waals surface area (Å²) in [5.41, 5.74) is 2.63. The van der Waals surface area contributed by atoms with Gasteiger partial charge in [0.05, 0.1) is 5.56 Å². The minimum Gasteiger partial charge on any atom is -0.366 e. The predicted molar refractivity (Wildman–Crippen MR) is 107 cm³/mol. The number of pyridine rings is 1. The summed E-state index contributed by atoms with van der Waals surface area (Å²) < 4.78 is 0. The molecule has 3 aromatic rings. The molecule has 6 heteroatoms. The molecular formula is C21H18ClN3O2. The van der Waals surface area contributed by atoms with E-state index in [1.807, 2.05) is 24.3 Å². The number of aromatic nitrogens is 1. The van der Waals surface area contributed by atoms with E-state index in [1.54, 1.807) is 36.4 Å². The van der Waals surface area contributed by atoms with E-state index < -0.39 is 0 Å². The van der Waals surface area contributed by atoms with Crippen molar-refractivity contribution in [2.24, 2.45) is 0 Å². The maximum absolute atomic E-state index is 12.3. The maximum atomic E-state index is 12.3. The molecule has 0 bridgehead atoms. The van der Waals surface area contributed by atoms with Crippen LogP contribution in [0.1, 0.15) is 33.2 Å². The van der Waals surface area contributed by atoms with Gasteiger partial charge in [-0.3, -0.25) is 9.59 Å². The normalized spacial score (nSPS) is 10.3. The van der Waals surface area contributed by atoms with E-state index in [1.165, 1.54) is 13.1 Å². The van der Waals surface area contributed by atoms with Gasteiger partial charge in [-0.15, -0.1) is 0 Å². The Kier molecular flexibility index (Phi) is 5.84. The minimum absolute atomic E-state index is 0.0167. The van der Waals surface area contributed by atoms with Gasteiger partial charge in [0.1, 0.15) is 5.82 Å². The lowest BCUT2D eigenvalue weighted by Crippen LogP contribution is -2.12. The van der Waals surface area contributed by atoms with E-state index in [0.29, 0.717) is 34.2 Å². The highest BCUT2D eigenvalue weighted by molar-refractivity contribution is 6.31. The zero-order valence-corrected chi connectivity index (χ0v) is 15.5. The van der Waals surface area contributed by atoms with Crippen LogP contribution in [0.2, 0.25) is 5.02 Å². The molecule has 5 nitrogen and oxygen atoms in total. The van der Waals surface area contributed by atoms with Crippen molar-refractivity contribution in [3.63, 3.8) is 0 Å². The molecule has 0 aliphatic heterocycles. The average Bonchev–Trinajstić information content (AvgIpc) is 2.68. The summed E-state index contributed by atoms with van der Waals surface area (Å²) in [6.07, 6.45) is 1.51. The highest BCUT2D eigenvalue weighted by Crippen LogP contribution is 2.17. The Bertz CT molecular complexity index is 954. The second-order valence-electron chi connectivity index (χ2n) is 5.96. The SMILES string of the molecule is CC(=O)c1ccc(NC(=O)c2ccc(NCc3ccccc3Cl)nc2)cc1. The van der Waals surface area contributed by atoms with Gasteiger partial charge in [-0.1, -0.05) is 29.8 Å². The lowest BCUT2D eigenvalue weighted by Gasteiger charge is -2.09. The third kappa shape index (κ3) is 4.92. The van der Waals surface area contributed by atoms with E-state index in [0.717, 1.165) is 5.56 Å². The molecule has 0 atom stereocenters. The zero-order chi connectivity index (χ0) is 19.2. The van der Waals surface area contributed by atoms with Crippen molar-refractivity contribution in [1.82, 2.24) is 4.98 Å². The topological polar surface area (TPSA) is 71.1 Å². The van der Waals surface area contributed by atoms with Crippen LogP contribution in [0, 0.1) is 0 Å². The Hall–Kier alpha value is -3.18. The van der Waals surface area contributed by atoms with Crippen LogP contribution in [0.15, 0.2) is 66.9 Å². The van der Waals surface area contributed by atoms with Crippen LogP contribution in [-0.2, 0) is 6.54 Å². The maximum Gasteiger partial charge on any atom is 0.257 e. The minimum atomic E-state index is -0.268. The van der Waals surface area contributed by atoms with Gasteiger partial charge >= 0.3 is 0 Å². The Morgan fingerprint density at radius 2 is 1.67 bits per heavy atom. The Labute approximate surface area is 162 Å². The first-order valence-electron chi connectivity index (χ1n) is 8.38. The van der Waals surface area contributed by atoms with Crippen molar-refractivity contribution in [2.45, 2.75) is 13.5 Å². The lowest BCUT2D eigenvalue weighted by molar-refractivity contribution is 0.101. The molecule has 0 saturated heterocycles. The van der Waals surface area contributed by atoms with Crippen LogP contribution in [0.3, 0.4) is 0 Å². The molecule has 3 rings (SSSR count). The molecule has 0 aliphatic rings. The van der Waals surface area contributed by atoms with Crippen molar-refractivity contribution < 1.29 is 9.59 Å². The molecule has 27 heavy (non-hydrogen) atoms. The van der Waals surface area contributed by atoms with Gasteiger partial charge in [-0.25, -0.2) is 4.98 Å². The highest BCUT2D eigenvalue weighted by Gasteiger charge is 2.08. The number of hydrogen-bond acceptors (Lipinski definition) is 4. The Morgan fingerprint density at radius 3 is 2.30 bits per heavy atom. The van der Waals surface area contributed by atoms with Crippen LogP contribution in [0.5, 0.6) is 0 Å². The van der Waals surface area contributed by atoms with Gasteiger partial charge in [0.25, 0.3) is 5.91 Å². The van der Waals surface area contributed by atoms with E-state index in [-0.39, 0.29) is 11.7 Å². The standard InChI is InChI=1S/C21H18ClN3O2/c1-14(26)15-6-9-18(10-7-15)25-21(27)17-8-11-20(24-13-17)23-12-16-4-2-3-5-19(16)22/h2-11,13H,12H2,1H3,(H,23,24)(H,25,27). The number of rotatable bonds is 6. The van der Waals surface area contributed by atoms with Crippen LogP contribution < -0.4 is 10.6 Å². The summed E-state index contributed by atoms with van der Waals surface area (Å²) in [6.45, 7) is 2.04. The van der Waals surface area contributed by atoms with Crippen LogP contribution in [0.4, 0.5) is 11.5 Å². The van der Waals surface area contributed by atoms with Crippen molar-refractivity contribution in [3.05, 3.63) is 88.6 Å². The van der Waals surface area contributed by atoms with Gasteiger partial charge < -0.3 is 10.6 Å². The first-order chi connectivity index (χ1) is 13.0. The predicted octanol–water partition coefficient (Wildman–Crippen LogP) is 4.80. The van der Waals surface area contributed by atoms with E-state index in [9.17, 15) is 9.59 Å². The second kappa shape index (κ2) is 8.47. The molecule has 136 valence electrons. The van der Waals surface area contributed by atoms with Crippen LogP contribution in [0.25, 0.3) is 0 Å². The number of nitrogens with one attached hydrogen (secondary N) is 2. The number of anilines is 2. The fourth-order valence-corrected chi connectivity index (χ4v) is 2.65. The van der Waals surface area contributed by atoms with Crippen molar-refractivity contribution in [1.29, 1.82) is 0 Å². The Balaban J connectivity index is 1.60. The number of carbonyl (C=O) groups excluding carboxylic acids is 2. The first-order valence-corrected chi connectivity index (χ1v) is 8.76. The summed E-state index contributed by atoms with van der Waals surface area (Å²) in [5, 5.41) is 6.65. The second-order valence-corrected chi connectivity index (χ2v) is 6.37. The van der Waals surface area contributed by atoms with Gasteiger partial charge in [0.2, 0.25) is 0 Å². The van der Waals surface area contributed by atoms with Gasteiger partial charge in [0.15, 0.2) is 5.78 Å². The molecule has 1 amide bonds. The molecule has 0 aliphatic carbocycles. The Morgan fingerprint density at radius 1 is 0.963 bits per heavy atom. The third-order valence-corrected chi connectivity index (χ3v) is 4.36.